The first-order chi connectivity index (χ1) is 12.0. The van der Waals surface area contributed by atoms with Gasteiger partial charge in [0.25, 0.3) is 0 Å². The highest BCUT2D eigenvalue weighted by molar-refractivity contribution is 5.98. The first-order valence-electron chi connectivity index (χ1n) is 7.89. The number of nitriles is 1. The summed E-state index contributed by atoms with van der Waals surface area (Å²) in [6.45, 7) is 5.74. The van der Waals surface area contributed by atoms with Crippen LogP contribution in [0, 0.1) is 32.1 Å². The van der Waals surface area contributed by atoms with Crippen LogP contribution in [-0.2, 0) is 0 Å². The maximum absolute atomic E-state index is 11.4. The number of fused-ring (bicyclic) bond motifs is 2. The molecule has 0 saturated carbocycles. The van der Waals surface area contributed by atoms with Gasteiger partial charge in [0.15, 0.2) is 0 Å². The van der Waals surface area contributed by atoms with Crippen molar-refractivity contribution in [3.8, 4) is 6.07 Å². The highest BCUT2D eigenvalue weighted by atomic mass is 16.4. The molecular formula is C21H17NO3. The van der Waals surface area contributed by atoms with Gasteiger partial charge in [-0.2, -0.15) is 5.26 Å². The van der Waals surface area contributed by atoms with E-state index in [-0.39, 0.29) is 5.63 Å². The van der Waals surface area contributed by atoms with Gasteiger partial charge in [0.1, 0.15) is 16.9 Å². The average molecular weight is 331 g/mol. The van der Waals surface area contributed by atoms with Crippen molar-refractivity contribution in [3.05, 3.63) is 81.4 Å². The summed E-state index contributed by atoms with van der Waals surface area (Å²) in [5.41, 5.74) is 3.63. The van der Waals surface area contributed by atoms with Gasteiger partial charge in [0.05, 0.1) is 11.6 Å². The fourth-order valence-corrected chi connectivity index (χ4v) is 2.78. The third-order valence-corrected chi connectivity index (χ3v) is 3.97. The second-order valence-electron chi connectivity index (χ2n) is 5.88. The second-order valence-corrected chi connectivity index (χ2v) is 5.88. The molecular weight excluding hydrogens is 314 g/mol. The van der Waals surface area contributed by atoms with Gasteiger partial charge >= 0.3 is 5.63 Å². The number of rotatable bonds is 0. The van der Waals surface area contributed by atoms with Crippen molar-refractivity contribution in [3.63, 3.8) is 0 Å². The minimum atomic E-state index is -0.319. The molecule has 25 heavy (non-hydrogen) atoms. The summed E-state index contributed by atoms with van der Waals surface area (Å²) in [6.07, 6.45) is 0. The van der Waals surface area contributed by atoms with E-state index in [4.69, 9.17) is 14.1 Å². The van der Waals surface area contributed by atoms with Crippen molar-refractivity contribution in [2.24, 2.45) is 0 Å². The molecule has 4 rings (SSSR count). The molecule has 4 aromatic rings. The molecule has 0 fully saturated rings. The number of aryl methyl sites for hydroxylation is 3. The lowest BCUT2D eigenvalue weighted by atomic mass is 10.1. The number of benzene rings is 2. The molecule has 0 radical (unpaired) electrons. The van der Waals surface area contributed by atoms with Crippen LogP contribution in [0.1, 0.15) is 22.5 Å². The Morgan fingerprint density at radius 1 is 0.920 bits per heavy atom. The SMILES string of the molecule is Cc1cc2cc3c(C)cc(=O)oc3c(C)c2o1.N#Cc1ccccc1. The zero-order valence-corrected chi connectivity index (χ0v) is 14.3. The minimum Gasteiger partial charge on any atom is -0.461 e. The highest BCUT2D eigenvalue weighted by Gasteiger charge is 2.12. The molecule has 0 aliphatic heterocycles. The molecule has 0 aliphatic carbocycles. The zero-order valence-electron chi connectivity index (χ0n) is 14.3. The van der Waals surface area contributed by atoms with Crippen molar-refractivity contribution in [2.45, 2.75) is 20.8 Å². The quantitative estimate of drug-likeness (QED) is 0.424. The lowest BCUT2D eigenvalue weighted by Gasteiger charge is -2.03. The number of hydrogen-bond acceptors (Lipinski definition) is 4. The smallest absolute Gasteiger partial charge is 0.336 e. The van der Waals surface area contributed by atoms with Crippen LogP contribution in [0.4, 0.5) is 0 Å². The topological polar surface area (TPSA) is 67.1 Å². The Labute approximate surface area is 144 Å². The summed E-state index contributed by atoms with van der Waals surface area (Å²) < 4.78 is 10.9. The van der Waals surface area contributed by atoms with Crippen LogP contribution in [-0.4, -0.2) is 0 Å². The molecule has 4 nitrogen and oxygen atoms in total. The van der Waals surface area contributed by atoms with Gasteiger partial charge in [-0.25, -0.2) is 4.79 Å². The van der Waals surface area contributed by atoms with Crippen LogP contribution in [0.25, 0.3) is 21.9 Å². The van der Waals surface area contributed by atoms with Gasteiger partial charge < -0.3 is 8.83 Å². The first kappa shape index (κ1) is 16.5. The van der Waals surface area contributed by atoms with Crippen LogP contribution in [0.15, 0.2) is 62.2 Å². The molecule has 0 N–H and O–H groups in total. The van der Waals surface area contributed by atoms with Crippen molar-refractivity contribution in [2.75, 3.05) is 0 Å². The lowest BCUT2D eigenvalue weighted by molar-refractivity contribution is 0.551. The Morgan fingerprint density at radius 3 is 2.28 bits per heavy atom. The van der Waals surface area contributed by atoms with Gasteiger partial charge in [-0.05, 0) is 50.6 Å². The summed E-state index contributed by atoms with van der Waals surface area (Å²) in [6, 6.07) is 16.7. The highest BCUT2D eigenvalue weighted by Crippen LogP contribution is 2.30. The largest absolute Gasteiger partial charge is 0.461 e. The lowest BCUT2D eigenvalue weighted by Crippen LogP contribution is -1.98. The summed E-state index contributed by atoms with van der Waals surface area (Å²) in [7, 11) is 0. The molecule has 0 amide bonds. The third-order valence-electron chi connectivity index (χ3n) is 3.97. The normalized spacial score (nSPS) is 10.3. The molecule has 0 unspecified atom stereocenters. The molecule has 124 valence electrons. The number of nitrogens with zero attached hydrogens (tertiary/aromatic N) is 1. The Morgan fingerprint density at radius 2 is 1.64 bits per heavy atom. The summed E-state index contributed by atoms with van der Waals surface area (Å²) in [5.74, 6) is 0.860. The second kappa shape index (κ2) is 6.66. The summed E-state index contributed by atoms with van der Waals surface area (Å²) in [5, 5.41) is 10.3. The van der Waals surface area contributed by atoms with E-state index in [9.17, 15) is 4.79 Å². The van der Waals surface area contributed by atoms with E-state index in [1.807, 2.05) is 57.2 Å². The fraction of sp³-hybridized carbons (Fsp3) is 0.143. The van der Waals surface area contributed by atoms with Crippen LogP contribution < -0.4 is 5.63 Å². The van der Waals surface area contributed by atoms with Crippen LogP contribution in [0.2, 0.25) is 0 Å². The van der Waals surface area contributed by atoms with Gasteiger partial charge in [-0.3, -0.25) is 0 Å². The Bertz CT molecular complexity index is 1150. The van der Waals surface area contributed by atoms with Crippen LogP contribution >= 0.6 is 0 Å². The van der Waals surface area contributed by atoms with E-state index in [2.05, 4.69) is 0 Å². The zero-order chi connectivity index (χ0) is 18.0. The predicted octanol–water partition coefficient (Wildman–Crippen LogP) is 5.02. The standard InChI is InChI=1S/C14H12O3.C7H5N/c1-7-4-12(15)17-14-9(3)13-10(6-11(7)14)5-8(2)16-13;8-6-7-4-2-1-3-5-7/h4-6H,1-3H3;1-5H. The third kappa shape index (κ3) is 3.31. The van der Waals surface area contributed by atoms with Gasteiger partial charge in [0, 0.05) is 22.4 Å². The number of hydrogen-bond donors (Lipinski definition) is 0. The monoisotopic (exact) mass is 331 g/mol. The minimum absolute atomic E-state index is 0.319. The number of furan rings is 1. The van der Waals surface area contributed by atoms with Crippen molar-refractivity contribution < 1.29 is 8.83 Å². The van der Waals surface area contributed by atoms with Crippen molar-refractivity contribution >= 4 is 21.9 Å². The fourth-order valence-electron chi connectivity index (χ4n) is 2.78. The average Bonchev–Trinajstić information content (AvgIpc) is 2.98. The molecule has 0 atom stereocenters. The Kier molecular flexibility index (Phi) is 4.40. The molecule has 2 aromatic carbocycles. The van der Waals surface area contributed by atoms with Crippen molar-refractivity contribution in [1.29, 1.82) is 5.26 Å². The molecule has 2 aromatic heterocycles. The molecule has 0 bridgehead atoms. The summed E-state index contributed by atoms with van der Waals surface area (Å²) >= 11 is 0. The predicted molar refractivity (Wildman–Crippen MR) is 97.6 cm³/mol. The van der Waals surface area contributed by atoms with Crippen LogP contribution in [0.5, 0.6) is 0 Å². The Hall–Kier alpha value is -3.32. The molecule has 2 heterocycles. The summed E-state index contributed by atoms with van der Waals surface area (Å²) in [4.78, 5) is 11.4. The van der Waals surface area contributed by atoms with Crippen molar-refractivity contribution in [1.82, 2.24) is 0 Å². The van der Waals surface area contributed by atoms with E-state index in [0.29, 0.717) is 11.1 Å². The van der Waals surface area contributed by atoms with E-state index >= 15 is 0 Å². The Balaban J connectivity index is 0.000000192. The first-order valence-corrected chi connectivity index (χ1v) is 7.89. The van der Waals surface area contributed by atoms with E-state index in [1.165, 1.54) is 6.07 Å². The van der Waals surface area contributed by atoms with Gasteiger partial charge in [0.2, 0.25) is 0 Å². The van der Waals surface area contributed by atoms with E-state index in [1.54, 1.807) is 12.1 Å². The molecule has 0 saturated heterocycles. The van der Waals surface area contributed by atoms with Gasteiger partial charge in [-0.1, -0.05) is 18.2 Å². The molecule has 4 heteroatoms. The van der Waals surface area contributed by atoms with E-state index in [0.717, 1.165) is 33.2 Å². The van der Waals surface area contributed by atoms with Crippen LogP contribution in [0.3, 0.4) is 0 Å². The molecule has 0 aliphatic rings. The maximum atomic E-state index is 11.4. The van der Waals surface area contributed by atoms with E-state index < -0.39 is 0 Å². The maximum Gasteiger partial charge on any atom is 0.336 e. The van der Waals surface area contributed by atoms with Gasteiger partial charge in [-0.15, -0.1) is 0 Å². The molecule has 0 spiro atoms.